The summed E-state index contributed by atoms with van der Waals surface area (Å²) in [4.78, 5) is 5.96. The quantitative estimate of drug-likeness (QED) is 0.691. The Morgan fingerprint density at radius 3 is 3.06 bits per heavy atom. The minimum Gasteiger partial charge on any atom is -0.302 e. The Labute approximate surface area is 99.7 Å². The fraction of sp³-hybridized carbons (Fsp3) is 0.308. The molecule has 0 saturated heterocycles. The fourth-order valence-electron chi connectivity index (χ4n) is 2.17. The lowest BCUT2D eigenvalue weighted by atomic mass is 10.3. The minimum absolute atomic E-state index is 0.587. The van der Waals surface area contributed by atoms with Crippen molar-refractivity contribution >= 4 is 11.8 Å². The van der Waals surface area contributed by atoms with Gasteiger partial charge in [-0.1, -0.05) is 19.1 Å². The molecule has 1 aliphatic heterocycles. The molecule has 1 aliphatic rings. The number of imidazole rings is 1. The van der Waals surface area contributed by atoms with E-state index in [1.807, 2.05) is 11.8 Å². The van der Waals surface area contributed by atoms with Crippen molar-refractivity contribution in [2.24, 2.45) is 0 Å². The van der Waals surface area contributed by atoms with Crippen LogP contribution in [0.1, 0.15) is 18.4 Å². The lowest BCUT2D eigenvalue weighted by Gasteiger charge is -2.07. The van der Waals surface area contributed by atoms with Crippen molar-refractivity contribution in [2.75, 3.05) is 0 Å². The maximum Gasteiger partial charge on any atom is 0.114 e. The summed E-state index contributed by atoms with van der Waals surface area (Å²) < 4.78 is 2.24. The molecule has 0 fully saturated rings. The van der Waals surface area contributed by atoms with E-state index in [9.17, 15) is 0 Å². The molecule has 0 radical (unpaired) electrons. The molecule has 0 spiro atoms. The fourth-order valence-corrected chi connectivity index (χ4v) is 3.28. The zero-order chi connectivity index (χ0) is 11.1. The molecule has 3 heteroatoms. The third-order valence-electron chi connectivity index (χ3n) is 2.82. The molecule has 1 atom stereocenters. The number of fused-ring (bicyclic) bond motifs is 3. The summed E-state index contributed by atoms with van der Waals surface area (Å²) in [7, 11) is 0. The number of para-hydroxylation sites is 1. The molecule has 2 heterocycles. The van der Waals surface area contributed by atoms with Gasteiger partial charge in [-0.25, -0.2) is 4.98 Å². The van der Waals surface area contributed by atoms with Crippen LogP contribution in [-0.2, 0) is 6.42 Å². The van der Waals surface area contributed by atoms with Gasteiger partial charge in [0.05, 0.1) is 11.4 Å². The molecular weight excluding hydrogens is 216 g/mol. The van der Waals surface area contributed by atoms with Crippen LogP contribution in [0.4, 0.5) is 0 Å². The van der Waals surface area contributed by atoms with E-state index in [-0.39, 0.29) is 0 Å². The number of benzene rings is 1. The summed E-state index contributed by atoms with van der Waals surface area (Å²) in [6.07, 6.45) is 3.17. The van der Waals surface area contributed by atoms with Crippen molar-refractivity contribution in [1.82, 2.24) is 9.55 Å². The Morgan fingerprint density at radius 1 is 1.38 bits per heavy atom. The average Bonchev–Trinajstić information content (AvgIpc) is 2.54. The number of rotatable bonds is 0. The summed E-state index contributed by atoms with van der Waals surface area (Å²) >= 11 is 1.94. The van der Waals surface area contributed by atoms with Gasteiger partial charge in [0.25, 0.3) is 0 Å². The Bertz CT molecular complexity index is 530. The van der Waals surface area contributed by atoms with Gasteiger partial charge in [-0.15, -0.1) is 11.8 Å². The molecule has 0 aliphatic carbocycles. The van der Waals surface area contributed by atoms with E-state index in [0.717, 1.165) is 12.1 Å². The van der Waals surface area contributed by atoms with E-state index in [4.69, 9.17) is 0 Å². The number of hydrogen-bond donors (Lipinski definition) is 0. The number of thioether (sulfide) groups is 1. The Morgan fingerprint density at radius 2 is 2.19 bits per heavy atom. The summed E-state index contributed by atoms with van der Waals surface area (Å²) in [5.41, 5.74) is 2.37. The number of hydrogen-bond acceptors (Lipinski definition) is 2. The van der Waals surface area contributed by atoms with Crippen LogP contribution in [0.25, 0.3) is 5.69 Å². The van der Waals surface area contributed by atoms with Crippen molar-refractivity contribution in [2.45, 2.75) is 30.4 Å². The minimum atomic E-state index is 0.587. The molecule has 2 aromatic rings. The molecule has 1 unspecified atom stereocenters. The number of aryl methyl sites for hydroxylation is 1. The van der Waals surface area contributed by atoms with E-state index in [2.05, 4.69) is 53.9 Å². The highest BCUT2D eigenvalue weighted by Crippen LogP contribution is 2.34. The molecule has 82 valence electrons. The monoisotopic (exact) mass is 230 g/mol. The third-order valence-corrected chi connectivity index (χ3v) is 3.99. The van der Waals surface area contributed by atoms with Gasteiger partial charge in [-0.3, -0.25) is 0 Å². The van der Waals surface area contributed by atoms with Crippen LogP contribution in [0.15, 0.2) is 35.4 Å². The zero-order valence-electron chi connectivity index (χ0n) is 9.47. The first-order valence-electron chi connectivity index (χ1n) is 5.55. The SMILES string of the molecule is Cc1cn2c(n1)CC(C)Sc1ccccc1-2. The first kappa shape index (κ1) is 9.97. The third kappa shape index (κ3) is 1.55. The lowest BCUT2D eigenvalue weighted by molar-refractivity contribution is 0.829. The van der Waals surface area contributed by atoms with E-state index in [1.54, 1.807) is 0 Å². The van der Waals surface area contributed by atoms with E-state index in [1.165, 1.54) is 16.4 Å². The molecule has 0 amide bonds. The summed E-state index contributed by atoms with van der Waals surface area (Å²) in [5, 5.41) is 0.587. The predicted molar refractivity (Wildman–Crippen MR) is 67.3 cm³/mol. The standard InChI is InChI=1S/C13H14N2S/c1-9-8-15-11-5-3-4-6-12(11)16-10(2)7-13(15)14-9/h3-6,8,10H,7H2,1-2H3. The maximum atomic E-state index is 4.61. The van der Waals surface area contributed by atoms with Crippen LogP contribution >= 0.6 is 11.8 Å². The van der Waals surface area contributed by atoms with Gasteiger partial charge in [0.1, 0.15) is 5.82 Å². The Kier molecular flexibility index (Phi) is 2.28. The van der Waals surface area contributed by atoms with Gasteiger partial charge in [0.2, 0.25) is 0 Å². The second-order valence-corrected chi connectivity index (χ2v) is 5.75. The first-order chi connectivity index (χ1) is 7.74. The van der Waals surface area contributed by atoms with E-state index >= 15 is 0 Å². The predicted octanol–water partition coefficient (Wildman–Crippen LogP) is 3.22. The van der Waals surface area contributed by atoms with Gasteiger partial charge in [-0.05, 0) is 19.1 Å². The molecule has 16 heavy (non-hydrogen) atoms. The molecule has 2 nitrogen and oxygen atoms in total. The average molecular weight is 230 g/mol. The van der Waals surface area contributed by atoms with Gasteiger partial charge in [0.15, 0.2) is 0 Å². The number of nitrogens with zero attached hydrogens (tertiary/aromatic N) is 2. The maximum absolute atomic E-state index is 4.61. The second kappa shape index (κ2) is 3.67. The normalized spacial score (nSPS) is 18.8. The Hall–Kier alpha value is -1.22. The van der Waals surface area contributed by atoms with Crippen LogP contribution < -0.4 is 0 Å². The second-order valence-electron chi connectivity index (χ2n) is 4.27. The van der Waals surface area contributed by atoms with Crippen molar-refractivity contribution in [3.05, 3.63) is 42.0 Å². The van der Waals surface area contributed by atoms with Gasteiger partial charge in [0, 0.05) is 22.8 Å². The first-order valence-corrected chi connectivity index (χ1v) is 6.43. The molecule has 0 saturated carbocycles. The molecular formula is C13H14N2S. The van der Waals surface area contributed by atoms with Gasteiger partial charge < -0.3 is 4.57 Å². The largest absolute Gasteiger partial charge is 0.302 e. The summed E-state index contributed by atoms with van der Waals surface area (Å²) in [5.74, 6) is 1.18. The van der Waals surface area contributed by atoms with E-state index < -0.39 is 0 Å². The van der Waals surface area contributed by atoms with E-state index in [0.29, 0.717) is 5.25 Å². The highest BCUT2D eigenvalue weighted by Gasteiger charge is 2.19. The van der Waals surface area contributed by atoms with Crippen LogP contribution in [0.3, 0.4) is 0 Å². The summed E-state index contributed by atoms with van der Waals surface area (Å²) in [6, 6.07) is 8.56. The highest BCUT2D eigenvalue weighted by atomic mass is 32.2. The van der Waals surface area contributed by atoms with Gasteiger partial charge in [-0.2, -0.15) is 0 Å². The zero-order valence-corrected chi connectivity index (χ0v) is 10.3. The number of aromatic nitrogens is 2. The molecule has 1 aromatic carbocycles. The topological polar surface area (TPSA) is 17.8 Å². The highest BCUT2D eigenvalue weighted by molar-refractivity contribution is 8.00. The van der Waals surface area contributed by atoms with Crippen LogP contribution in [0, 0.1) is 6.92 Å². The van der Waals surface area contributed by atoms with Crippen molar-refractivity contribution in [3.63, 3.8) is 0 Å². The van der Waals surface area contributed by atoms with Crippen LogP contribution in [-0.4, -0.2) is 14.8 Å². The smallest absolute Gasteiger partial charge is 0.114 e. The van der Waals surface area contributed by atoms with Crippen LogP contribution in [0.5, 0.6) is 0 Å². The van der Waals surface area contributed by atoms with Gasteiger partial charge >= 0.3 is 0 Å². The molecule has 3 rings (SSSR count). The molecule has 0 bridgehead atoms. The van der Waals surface area contributed by atoms with Crippen molar-refractivity contribution in [3.8, 4) is 5.69 Å². The molecule has 1 aromatic heterocycles. The lowest BCUT2D eigenvalue weighted by Crippen LogP contribution is -2.03. The van der Waals surface area contributed by atoms with Crippen LogP contribution in [0.2, 0.25) is 0 Å². The molecule has 0 N–H and O–H groups in total. The summed E-state index contributed by atoms with van der Waals surface area (Å²) in [6.45, 7) is 4.32. The van der Waals surface area contributed by atoms with Crippen molar-refractivity contribution < 1.29 is 0 Å². The van der Waals surface area contributed by atoms with Crippen molar-refractivity contribution in [1.29, 1.82) is 0 Å². The Balaban J connectivity index is 2.25.